The van der Waals surface area contributed by atoms with Crippen LogP contribution in [0.5, 0.6) is 0 Å². The molecule has 2 heterocycles. The van der Waals surface area contributed by atoms with Crippen LogP contribution >= 0.6 is 0 Å². The molecular formula is C19H35N5O2. The Morgan fingerprint density at radius 3 is 2.50 bits per heavy atom. The third kappa shape index (κ3) is 6.18. The highest BCUT2D eigenvalue weighted by molar-refractivity contribution is 5.80. The van der Waals surface area contributed by atoms with Gasteiger partial charge in [-0.3, -0.25) is 14.6 Å². The van der Waals surface area contributed by atoms with E-state index in [4.69, 9.17) is 0 Å². The number of likely N-dealkylation sites (tertiary alicyclic amines) is 2. The van der Waals surface area contributed by atoms with E-state index < -0.39 is 0 Å². The van der Waals surface area contributed by atoms with Gasteiger partial charge in [0.2, 0.25) is 11.8 Å². The predicted molar refractivity (Wildman–Crippen MR) is 104 cm³/mol. The number of nitrogens with zero attached hydrogens (tertiary/aromatic N) is 3. The summed E-state index contributed by atoms with van der Waals surface area (Å²) in [5, 5.41) is 6.65. The fourth-order valence-corrected chi connectivity index (χ4v) is 3.73. The van der Waals surface area contributed by atoms with Crippen LogP contribution in [0.2, 0.25) is 0 Å². The molecule has 0 bridgehead atoms. The third-order valence-corrected chi connectivity index (χ3v) is 5.16. The first-order valence-electron chi connectivity index (χ1n) is 10.2. The lowest BCUT2D eigenvalue weighted by Gasteiger charge is -2.27. The summed E-state index contributed by atoms with van der Waals surface area (Å²) in [4.78, 5) is 32.1. The molecule has 0 aromatic carbocycles. The molecule has 0 aromatic heterocycles. The minimum atomic E-state index is 0.279. The molecule has 2 fully saturated rings. The number of amides is 2. The number of hydrogen-bond acceptors (Lipinski definition) is 3. The molecule has 26 heavy (non-hydrogen) atoms. The van der Waals surface area contributed by atoms with E-state index in [9.17, 15) is 9.59 Å². The van der Waals surface area contributed by atoms with Crippen LogP contribution in [0.3, 0.4) is 0 Å². The quantitative estimate of drug-likeness (QED) is 0.348. The van der Waals surface area contributed by atoms with Crippen molar-refractivity contribution in [3.05, 3.63) is 0 Å². The summed E-state index contributed by atoms with van der Waals surface area (Å²) in [5.74, 6) is 1.40. The molecule has 0 saturated carbocycles. The molecule has 2 N–H and O–H groups in total. The molecule has 0 aromatic rings. The van der Waals surface area contributed by atoms with E-state index in [-0.39, 0.29) is 5.91 Å². The van der Waals surface area contributed by atoms with Crippen LogP contribution in [-0.2, 0) is 9.59 Å². The van der Waals surface area contributed by atoms with E-state index >= 15 is 0 Å². The van der Waals surface area contributed by atoms with Crippen LogP contribution < -0.4 is 10.6 Å². The van der Waals surface area contributed by atoms with Gasteiger partial charge in [-0.05, 0) is 39.0 Å². The van der Waals surface area contributed by atoms with Crippen LogP contribution in [0, 0.1) is 0 Å². The molecule has 2 aliphatic heterocycles. The Labute approximate surface area is 157 Å². The third-order valence-electron chi connectivity index (χ3n) is 5.16. The molecule has 7 heteroatoms. The molecule has 2 saturated heterocycles. The van der Waals surface area contributed by atoms with Crippen molar-refractivity contribution in [3.63, 3.8) is 0 Å². The summed E-state index contributed by atoms with van der Waals surface area (Å²) in [6.45, 7) is 9.14. The van der Waals surface area contributed by atoms with Crippen LogP contribution in [0.25, 0.3) is 0 Å². The van der Waals surface area contributed by atoms with Crippen molar-refractivity contribution in [2.45, 2.75) is 64.8 Å². The van der Waals surface area contributed by atoms with Gasteiger partial charge < -0.3 is 20.4 Å². The molecule has 2 amide bonds. The lowest BCUT2D eigenvalue weighted by Crippen LogP contribution is -2.42. The van der Waals surface area contributed by atoms with Gasteiger partial charge in [0.25, 0.3) is 0 Å². The van der Waals surface area contributed by atoms with Gasteiger partial charge in [-0.15, -0.1) is 0 Å². The fraction of sp³-hybridized carbons (Fsp3) is 0.842. The fourth-order valence-electron chi connectivity index (χ4n) is 3.73. The first-order valence-corrected chi connectivity index (χ1v) is 10.2. The zero-order valence-electron chi connectivity index (χ0n) is 16.4. The average Bonchev–Trinajstić information content (AvgIpc) is 3.24. The second kappa shape index (κ2) is 11.0. The zero-order valence-corrected chi connectivity index (χ0v) is 16.4. The SMILES string of the molecule is CCNC(=NCCCN1CCCC1=O)NCCC(CC)N1CCCC1=O. The lowest BCUT2D eigenvalue weighted by molar-refractivity contribution is -0.130. The number of aliphatic imine (C=N–C) groups is 1. The first kappa shape index (κ1) is 20.5. The Morgan fingerprint density at radius 1 is 1.12 bits per heavy atom. The van der Waals surface area contributed by atoms with Crippen molar-refractivity contribution in [2.24, 2.45) is 4.99 Å². The predicted octanol–water partition coefficient (Wildman–Crippen LogP) is 1.35. The Bertz CT molecular complexity index is 494. The summed E-state index contributed by atoms with van der Waals surface area (Å²) in [7, 11) is 0. The van der Waals surface area contributed by atoms with Gasteiger partial charge in [0, 0.05) is 58.2 Å². The molecule has 148 valence electrons. The smallest absolute Gasteiger partial charge is 0.222 e. The van der Waals surface area contributed by atoms with Gasteiger partial charge in [-0.2, -0.15) is 0 Å². The van der Waals surface area contributed by atoms with Gasteiger partial charge in [0.05, 0.1) is 0 Å². The lowest BCUT2D eigenvalue weighted by atomic mass is 10.1. The van der Waals surface area contributed by atoms with Crippen LogP contribution in [-0.4, -0.2) is 72.9 Å². The molecule has 2 rings (SSSR count). The molecule has 7 nitrogen and oxygen atoms in total. The first-order chi connectivity index (χ1) is 12.7. The Kier molecular flexibility index (Phi) is 8.71. The maximum absolute atomic E-state index is 11.9. The van der Waals surface area contributed by atoms with Crippen molar-refractivity contribution >= 4 is 17.8 Å². The van der Waals surface area contributed by atoms with Crippen molar-refractivity contribution in [1.29, 1.82) is 0 Å². The zero-order chi connectivity index (χ0) is 18.8. The Morgan fingerprint density at radius 2 is 1.88 bits per heavy atom. The summed E-state index contributed by atoms with van der Waals surface area (Å²) < 4.78 is 0. The van der Waals surface area contributed by atoms with E-state index in [1.54, 1.807) is 0 Å². The van der Waals surface area contributed by atoms with Crippen molar-refractivity contribution < 1.29 is 9.59 Å². The molecule has 0 spiro atoms. The van der Waals surface area contributed by atoms with Crippen LogP contribution in [0.4, 0.5) is 0 Å². The van der Waals surface area contributed by atoms with Gasteiger partial charge in [0.1, 0.15) is 0 Å². The van der Waals surface area contributed by atoms with E-state index in [1.165, 1.54) is 0 Å². The van der Waals surface area contributed by atoms with E-state index in [2.05, 4.69) is 29.5 Å². The van der Waals surface area contributed by atoms with Crippen molar-refractivity contribution in [1.82, 2.24) is 20.4 Å². The molecule has 0 aliphatic carbocycles. The normalized spacial score (nSPS) is 19.4. The highest BCUT2D eigenvalue weighted by atomic mass is 16.2. The monoisotopic (exact) mass is 365 g/mol. The highest BCUT2D eigenvalue weighted by Crippen LogP contribution is 2.17. The standard InChI is InChI=1S/C19H35N5O2/c1-3-16(24-15-6-9-18(24)26)10-12-22-19(20-4-2)21-11-7-14-23-13-5-8-17(23)25/h16H,3-15H2,1-2H3,(H2,20,21,22). The molecular weight excluding hydrogens is 330 g/mol. The van der Waals surface area contributed by atoms with Crippen LogP contribution in [0.1, 0.15) is 58.8 Å². The number of guanidine groups is 1. The summed E-state index contributed by atoms with van der Waals surface area (Å²) in [5.41, 5.74) is 0. The number of rotatable bonds is 10. The average molecular weight is 366 g/mol. The van der Waals surface area contributed by atoms with E-state index in [1.807, 2.05) is 9.80 Å². The van der Waals surface area contributed by atoms with Gasteiger partial charge in [-0.1, -0.05) is 6.92 Å². The molecule has 1 unspecified atom stereocenters. The van der Waals surface area contributed by atoms with Crippen molar-refractivity contribution in [2.75, 3.05) is 39.3 Å². The van der Waals surface area contributed by atoms with E-state index in [0.717, 1.165) is 70.8 Å². The largest absolute Gasteiger partial charge is 0.357 e. The Hall–Kier alpha value is -1.79. The number of carbonyl (C=O) groups excluding carboxylic acids is 2. The van der Waals surface area contributed by atoms with Gasteiger partial charge >= 0.3 is 0 Å². The number of nitrogens with one attached hydrogen (secondary N) is 2. The summed E-state index contributed by atoms with van der Waals surface area (Å²) >= 11 is 0. The minimum absolute atomic E-state index is 0.279. The number of hydrogen-bond donors (Lipinski definition) is 2. The topological polar surface area (TPSA) is 77.0 Å². The second-order valence-electron chi connectivity index (χ2n) is 7.07. The second-order valence-corrected chi connectivity index (χ2v) is 7.07. The van der Waals surface area contributed by atoms with Gasteiger partial charge in [0.15, 0.2) is 5.96 Å². The number of carbonyl (C=O) groups is 2. The molecule has 1 atom stereocenters. The van der Waals surface area contributed by atoms with E-state index in [0.29, 0.717) is 31.3 Å². The summed E-state index contributed by atoms with van der Waals surface area (Å²) in [6, 6.07) is 0.321. The minimum Gasteiger partial charge on any atom is -0.357 e. The molecule has 0 radical (unpaired) electrons. The van der Waals surface area contributed by atoms with Crippen LogP contribution in [0.15, 0.2) is 4.99 Å². The van der Waals surface area contributed by atoms with Gasteiger partial charge in [-0.25, -0.2) is 0 Å². The maximum atomic E-state index is 11.9. The van der Waals surface area contributed by atoms with Crippen molar-refractivity contribution in [3.8, 4) is 0 Å². The Balaban J connectivity index is 1.70. The molecule has 2 aliphatic rings. The summed E-state index contributed by atoms with van der Waals surface area (Å²) in [6.07, 6.45) is 6.21. The maximum Gasteiger partial charge on any atom is 0.222 e. The highest BCUT2D eigenvalue weighted by Gasteiger charge is 2.26.